The summed E-state index contributed by atoms with van der Waals surface area (Å²) in [6.07, 6.45) is 3.16. The van der Waals surface area contributed by atoms with Gasteiger partial charge < -0.3 is 5.32 Å². The second-order valence-corrected chi connectivity index (χ2v) is 5.18. The molecule has 0 aliphatic rings. The van der Waals surface area contributed by atoms with Crippen molar-refractivity contribution in [3.8, 4) is 0 Å². The molecule has 0 aromatic carbocycles. The molecule has 2 heterocycles. The van der Waals surface area contributed by atoms with Crippen LogP contribution in [0.1, 0.15) is 44.2 Å². The molecule has 20 heavy (non-hydrogen) atoms. The van der Waals surface area contributed by atoms with Crippen LogP contribution in [0.2, 0.25) is 5.02 Å². The number of hydrogen-bond donors (Lipinski definition) is 1. The summed E-state index contributed by atoms with van der Waals surface area (Å²) in [4.78, 5) is 4.16. The van der Waals surface area contributed by atoms with Crippen molar-refractivity contribution in [3.63, 3.8) is 0 Å². The Morgan fingerprint density at radius 2 is 2.20 bits per heavy atom. The number of pyridine rings is 1. The molecule has 0 saturated carbocycles. The topological polar surface area (TPSA) is 42.7 Å². The third kappa shape index (κ3) is 2.83. The third-order valence-electron chi connectivity index (χ3n) is 3.02. The van der Waals surface area contributed by atoms with Gasteiger partial charge >= 0.3 is 0 Å². The number of aromatic nitrogens is 3. The SMILES string of the molecule is CCNC(c1ncccc1F)c1c(Cl)cnn1C(C)C. The molecule has 2 aromatic heterocycles. The second kappa shape index (κ2) is 6.33. The maximum absolute atomic E-state index is 14.0. The number of nitrogens with one attached hydrogen (secondary N) is 1. The second-order valence-electron chi connectivity index (χ2n) is 4.78. The first-order valence-electron chi connectivity index (χ1n) is 6.63. The van der Waals surface area contributed by atoms with Crippen LogP contribution in [0.3, 0.4) is 0 Å². The molecule has 1 unspecified atom stereocenters. The summed E-state index contributed by atoms with van der Waals surface area (Å²) < 4.78 is 15.8. The minimum atomic E-state index is -0.418. The summed E-state index contributed by atoms with van der Waals surface area (Å²) in [6, 6.07) is 2.68. The van der Waals surface area contributed by atoms with E-state index in [2.05, 4.69) is 15.4 Å². The van der Waals surface area contributed by atoms with Crippen molar-refractivity contribution in [2.45, 2.75) is 32.9 Å². The van der Waals surface area contributed by atoms with Crippen LogP contribution in [-0.2, 0) is 0 Å². The van der Waals surface area contributed by atoms with Gasteiger partial charge in [0.25, 0.3) is 0 Å². The lowest BCUT2D eigenvalue weighted by Crippen LogP contribution is -2.27. The molecule has 0 bridgehead atoms. The molecule has 0 spiro atoms. The van der Waals surface area contributed by atoms with Crippen molar-refractivity contribution in [1.82, 2.24) is 20.1 Å². The number of hydrogen-bond acceptors (Lipinski definition) is 3. The molecule has 4 nitrogen and oxygen atoms in total. The van der Waals surface area contributed by atoms with Gasteiger partial charge in [-0.1, -0.05) is 18.5 Å². The molecule has 1 atom stereocenters. The van der Waals surface area contributed by atoms with Gasteiger partial charge in [-0.05, 0) is 32.5 Å². The van der Waals surface area contributed by atoms with Gasteiger partial charge in [0.05, 0.1) is 28.6 Å². The summed E-state index contributed by atoms with van der Waals surface area (Å²) in [5.74, 6) is -0.356. The Hall–Kier alpha value is -1.46. The van der Waals surface area contributed by atoms with E-state index < -0.39 is 6.04 Å². The average Bonchev–Trinajstić information content (AvgIpc) is 2.79. The van der Waals surface area contributed by atoms with Crippen LogP contribution in [0, 0.1) is 5.82 Å². The molecular formula is C14H18ClFN4. The van der Waals surface area contributed by atoms with E-state index in [1.807, 2.05) is 20.8 Å². The highest BCUT2D eigenvalue weighted by Crippen LogP contribution is 2.30. The largest absolute Gasteiger partial charge is 0.304 e. The molecule has 0 aliphatic carbocycles. The van der Waals surface area contributed by atoms with E-state index in [-0.39, 0.29) is 11.9 Å². The minimum absolute atomic E-state index is 0.130. The van der Waals surface area contributed by atoms with Gasteiger partial charge in [-0.15, -0.1) is 0 Å². The quantitative estimate of drug-likeness (QED) is 0.920. The number of nitrogens with zero attached hydrogens (tertiary/aromatic N) is 3. The first kappa shape index (κ1) is 14.9. The summed E-state index contributed by atoms with van der Waals surface area (Å²) in [5, 5.41) is 8.01. The van der Waals surface area contributed by atoms with Crippen LogP contribution < -0.4 is 5.32 Å². The fraction of sp³-hybridized carbons (Fsp3) is 0.429. The van der Waals surface area contributed by atoms with Crippen molar-refractivity contribution in [1.29, 1.82) is 0 Å². The monoisotopic (exact) mass is 296 g/mol. The molecule has 0 radical (unpaired) electrons. The smallest absolute Gasteiger partial charge is 0.146 e. The van der Waals surface area contributed by atoms with Crippen LogP contribution in [0.25, 0.3) is 0 Å². The van der Waals surface area contributed by atoms with Crippen molar-refractivity contribution >= 4 is 11.6 Å². The van der Waals surface area contributed by atoms with E-state index in [1.165, 1.54) is 6.07 Å². The van der Waals surface area contributed by atoms with E-state index in [0.717, 1.165) is 5.69 Å². The molecule has 0 saturated heterocycles. The molecule has 2 rings (SSSR count). The third-order valence-corrected chi connectivity index (χ3v) is 3.31. The highest BCUT2D eigenvalue weighted by molar-refractivity contribution is 6.31. The van der Waals surface area contributed by atoms with Gasteiger partial charge in [0.15, 0.2) is 0 Å². The zero-order chi connectivity index (χ0) is 14.7. The Morgan fingerprint density at radius 3 is 2.80 bits per heavy atom. The first-order valence-corrected chi connectivity index (χ1v) is 7.00. The van der Waals surface area contributed by atoms with Crippen molar-refractivity contribution in [2.75, 3.05) is 6.54 Å². The Labute approximate surface area is 123 Å². The van der Waals surface area contributed by atoms with E-state index in [9.17, 15) is 4.39 Å². The van der Waals surface area contributed by atoms with Crippen molar-refractivity contribution < 1.29 is 4.39 Å². The molecule has 0 aliphatic heterocycles. The Bertz CT molecular complexity index is 582. The maximum atomic E-state index is 14.0. The summed E-state index contributed by atoms with van der Waals surface area (Å²) in [6.45, 7) is 6.63. The molecule has 0 amide bonds. The summed E-state index contributed by atoms with van der Waals surface area (Å²) >= 11 is 6.25. The van der Waals surface area contributed by atoms with Gasteiger partial charge in [-0.3, -0.25) is 9.67 Å². The molecule has 2 aromatic rings. The fourth-order valence-electron chi connectivity index (χ4n) is 2.17. The number of rotatable bonds is 5. The highest BCUT2D eigenvalue weighted by Gasteiger charge is 2.25. The summed E-state index contributed by atoms with van der Waals surface area (Å²) in [5.41, 5.74) is 1.07. The van der Waals surface area contributed by atoms with Gasteiger partial charge in [-0.2, -0.15) is 5.10 Å². The van der Waals surface area contributed by atoms with Crippen LogP contribution in [-0.4, -0.2) is 21.3 Å². The van der Waals surface area contributed by atoms with Crippen LogP contribution in [0.15, 0.2) is 24.5 Å². The van der Waals surface area contributed by atoms with Gasteiger partial charge in [0.2, 0.25) is 0 Å². The highest BCUT2D eigenvalue weighted by atomic mass is 35.5. The lowest BCUT2D eigenvalue weighted by atomic mass is 10.1. The van der Waals surface area contributed by atoms with Crippen molar-refractivity contribution in [2.24, 2.45) is 0 Å². The lowest BCUT2D eigenvalue weighted by Gasteiger charge is -2.21. The van der Waals surface area contributed by atoms with Crippen LogP contribution in [0.4, 0.5) is 4.39 Å². The first-order chi connectivity index (χ1) is 9.56. The van der Waals surface area contributed by atoms with Crippen LogP contribution in [0.5, 0.6) is 0 Å². The molecular weight excluding hydrogens is 279 g/mol. The molecule has 6 heteroatoms. The lowest BCUT2D eigenvalue weighted by molar-refractivity contribution is 0.461. The Morgan fingerprint density at radius 1 is 1.45 bits per heavy atom. The normalized spacial score (nSPS) is 12.9. The Balaban J connectivity index is 2.55. The molecule has 1 N–H and O–H groups in total. The van der Waals surface area contributed by atoms with E-state index in [4.69, 9.17) is 11.6 Å². The standard InChI is InChI=1S/C14H18ClFN4/c1-4-17-13(12-11(16)6-5-7-18-12)14-10(15)8-19-20(14)9(2)3/h5-9,13,17H,4H2,1-3H3. The van der Waals surface area contributed by atoms with E-state index in [1.54, 1.807) is 23.1 Å². The Kier molecular flexibility index (Phi) is 4.73. The van der Waals surface area contributed by atoms with E-state index in [0.29, 0.717) is 17.3 Å². The zero-order valence-corrected chi connectivity index (χ0v) is 12.5. The fourth-order valence-corrected chi connectivity index (χ4v) is 2.41. The van der Waals surface area contributed by atoms with E-state index >= 15 is 0 Å². The molecule has 0 fully saturated rings. The van der Waals surface area contributed by atoms with Gasteiger partial charge in [0, 0.05) is 12.2 Å². The number of halogens is 2. The predicted molar refractivity (Wildman–Crippen MR) is 77.3 cm³/mol. The zero-order valence-electron chi connectivity index (χ0n) is 11.8. The minimum Gasteiger partial charge on any atom is -0.304 e. The summed E-state index contributed by atoms with van der Waals surface area (Å²) in [7, 11) is 0. The predicted octanol–water partition coefficient (Wildman–Crippen LogP) is 3.35. The maximum Gasteiger partial charge on any atom is 0.146 e. The van der Waals surface area contributed by atoms with Gasteiger partial charge in [0.1, 0.15) is 5.82 Å². The van der Waals surface area contributed by atoms with Crippen molar-refractivity contribution in [3.05, 3.63) is 46.8 Å². The van der Waals surface area contributed by atoms with Crippen LogP contribution >= 0.6 is 11.6 Å². The average molecular weight is 297 g/mol. The molecule has 108 valence electrons. The van der Waals surface area contributed by atoms with Gasteiger partial charge in [-0.25, -0.2) is 4.39 Å².